The molecule has 0 bridgehead atoms. The van der Waals surface area contributed by atoms with Crippen LogP contribution in [0.5, 0.6) is 11.5 Å². The van der Waals surface area contributed by atoms with E-state index in [9.17, 15) is 24.1 Å². The maximum absolute atomic E-state index is 14.0. The normalized spacial score (nSPS) is 26.2. The van der Waals surface area contributed by atoms with E-state index in [2.05, 4.69) is 0 Å². The van der Waals surface area contributed by atoms with Crippen molar-refractivity contribution in [1.29, 1.82) is 0 Å². The number of rotatable bonds is 6. The van der Waals surface area contributed by atoms with Crippen LogP contribution >= 0.6 is 0 Å². The van der Waals surface area contributed by atoms with Gasteiger partial charge in [-0.05, 0) is 41.0 Å². The number of alkyl halides is 2. The fraction of sp³-hybridized carbons (Fsp3) is 0.429. The third-order valence-electron chi connectivity index (χ3n) is 5.12. The van der Waals surface area contributed by atoms with Crippen molar-refractivity contribution in [2.75, 3.05) is 20.8 Å². The lowest BCUT2D eigenvalue weighted by atomic mass is 9.89. The van der Waals surface area contributed by atoms with Gasteiger partial charge in [-0.1, -0.05) is 18.2 Å². The molecule has 3 rings (SSSR count). The molecule has 1 fully saturated rings. The third kappa shape index (κ3) is 4.20. The second kappa shape index (κ2) is 8.62. The van der Waals surface area contributed by atoms with Crippen LogP contribution in [0.4, 0.5) is 8.78 Å². The number of hydrogen-bond donors (Lipinski definition) is 3. The van der Waals surface area contributed by atoms with Crippen LogP contribution in [0, 0.1) is 0 Å². The Hall–Kier alpha value is -2.26. The van der Waals surface area contributed by atoms with Gasteiger partial charge in [0.1, 0.15) is 35.9 Å². The van der Waals surface area contributed by atoms with Crippen molar-refractivity contribution in [3.63, 3.8) is 0 Å². The van der Waals surface area contributed by atoms with E-state index in [1.165, 1.54) is 7.11 Å². The van der Waals surface area contributed by atoms with Crippen molar-refractivity contribution in [2.24, 2.45) is 0 Å². The number of hydrogen-bond acceptors (Lipinski definition) is 6. The number of benzene rings is 2. The molecule has 4 atom stereocenters. The van der Waals surface area contributed by atoms with Crippen molar-refractivity contribution in [2.45, 2.75) is 36.8 Å². The van der Waals surface area contributed by atoms with Crippen molar-refractivity contribution >= 4 is 0 Å². The van der Waals surface area contributed by atoms with E-state index in [1.807, 2.05) is 24.3 Å². The zero-order chi connectivity index (χ0) is 21.2. The summed E-state index contributed by atoms with van der Waals surface area (Å²) in [6, 6.07) is 12.3. The Balaban J connectivity index is 1.91. The Labute approximate surface area is 167 Å². The lowest BCUT2D eigenvalue weighted by molar-refractivity contribution is -0.296. The predicted molar refractivity (Wildman–Crippen MR) is 100 cm³/mol. The molecule has 4 unspecified atom stereocenters. The molecule has 0 aromatic heterocycles. The molecular formula is C21H24F2O6. The summed E-state index contributed by atoms with van der Waals surface area (Å²) in [5.41, 5.74) is 2.11. The minimum Gasteiger partial charge on any atom is -0.497 e. The first-order chi connectivity index (χ1) is 13.8. The van der Waals surface area contributed by atoms with Gasteiger partial charge in [-0.15, -0.1) is 0 Å². The molecule has 1 saturated heterocycles. The SMILES string of the molecule is COc1ccc(Cc2cc(C3OC(CO)C(F)(F)C(O)C3O)ccc2OC)cc1. The van der Waals surface area contributed by atoms with Crippen LogP contribution in [0.15, 0.2) is 42.5 Å². The van der Waals surface area contributed by atoms with Crippen molar-refractivity contribution in [3.05, 3.63) is 59.2 Å². The average Bonchev–Trinajstić information content (AvgIpc) is 2.73. The first kappa shape index (κ1) is 21.4. The highest BCUT2D eigenvalue weighted by molar-refractivity contribution is 5.42. The predicted octanol–water partition coefficient (Wildman–Crippen LogP) is 2.08. The lowest BCUT2D eigenvalue weighted by Crippen LogP contribution is -2.59. The summed E-state index contributed by atoms with van der Waals surface area (Å²) in [7, 11) is 3.10. The van der Waals surface area contributed by atoms with E-state index in [1.54, 1.807) is 25.3 Å². The molecule has 0 aliphatic carbocycles. The molecule has 6 nitrogen and oxygen atoms in total. The monoisotopic (exact) mass is 410 g/mol. The summed E-state index contributed by atoms with van der Waals surface area (Å²) in [5.74, 6) is -2.46. The fourth-order valence-electron chi connectivity index (χ4n) is 3.45. The van der Waals surface area contributed by atoms with Crippen molar-refractivity contribution in [3.8, 4) is 11.5 Å². The molecule has 2 aromatic carbocycles. The maximum atomic E-state index is 14.0. The zero-order valence-corrected chi connectivity index (χ0v) is 16.1. The molecule has 3 N–H and O–H groups in total. The summed E-state index contributed by atoms with van der Waals surface area (Å²) in [6.45, 7) is -0.984. The average molecular weight is 410 g/mol. The Bertz CT molecular complexity index is 822. The third-order valence-corrected chi connectivity index (χ3v) is 5.12. The van der Waals surface area contributed by atoms with Gasteiger partial charge in [0.05, 0.1) is 20.8 Å². The standard InChI is InChI=1S/C21H24F2O6/c1-27-15-6-3-12(4-7-15)9-14-10-13(5-8-16(14)28-2)19-18(25)20(26)21(22,23)17(11-24)29-19/h3-8,10,17-20,24-26H,9,11H2,1-2H3. The highest BCUT2D eigenvalue weighted by Crippen LogP contribution is 2.41. The van der Waals surface area contributed by atoms with Gasteiger partial charge in [0, 0.05) is 6.42 Å². The van der Waals surface area contributed by atoms with Crippen LogP contribution in [-0.2, 0) is 11.2 Å². The van der Waals surface area contributed by atoms with E-state index < -0.39 is 36.9 Å². The van der Waals surface area contributed by atoms with Crippen LogP contribution in [0.25, 0.3) is 0 Å². The molecule has 1 heterocycles. The quantitative estimate of drug-likeness (QED) is 0.676. The minimum absolute atomic E-state index is 0.398. The molecule has 0 saturated carbocycles. The molecule has 158 valence electrons. The van der Waals surface area contributed by atoms with E-state index in [0.717, 1.165) is 16.9 Å². The number of methoxy groups -OCH3 is 2. The van der Waals surface area contributed by atoms with Crippen LogP contribution in [0.3, 0.4) is 0 Å². The molecule has 0 amide bonds. The minimum atomic E-state index is -3.76. The topological polar surface area (TPSA) is 88.4 Å². The van der Waals surface area contributed by atoms with Gasteiger partial charge in [0.25, 0.3) is 0 Å². The number of ether oxygens (including phenoxy) is 3. The second-order valence-corrected chi connectivity index (χ2v) is 6.93. The van der Waals surface area contributed by atoms with Crippen molar-refractivity contribution in [1.82, 2.24) is 0 Å². The van der Waals surface area contributed by atoms with Crippen LogP contribution < -0.4 is 9.47 Å². The summed E-state index contributed by atoms with van der Waals surface area (Å²) >= 11 is 0. The summed E-state index contributed by atoms with van der Waals surface area (Å²) in [6.07, 6.45) is -6.87. The van der Waals surface area contributed by atoms with Gasteiger partial charge in [-0.3, -0.25) is 0 Å². The van der Waals surface area contributed by atoms with Gasteiger partial charge < -0.3 is 29.5 Å². The second-order valence-electron chi connectivity index (χ2n) is 6.93. The summed E-state index contributed by atoms with van der Waals surface area (Å²) < 4.78 is 43.8. The van der Waals surface area contributed by atoms with Gasteiger partial charge in [-0.2, -0.15) is 0 Å². The van der Waals surface area contributed by atoms with E-state index in [4.69, 9.17) is 14.2 Å². The largest absolute Gasteiger partial charge is 0.497 e. The molecule has 0 radical (unpaired) electrons. The number of halogens is 2. The van der Waals surface area contributed by atoms with E-state index >= 15 is 0 Å². The Kier molecular flexibility index (Phi) is 6.38. The molecule has 1 aliphatic rings. The van der Waals surface area contributed by atoms with Crippen molar-refractivity contribution < 1.29 is 38.3 Å². The maximum Gasteiger partial charge on any atom is 0.303 e. The van der Waals surface area contributed by atoms with Crippen LogP contribution in [0.1, 0.15) is 22.8 Å². The zero-order valence-electron chi connectivity index (χ0n) is 16.1. The molecule has 8 heteroatoms. The summed E-state index contributed by atoms with van der Waals surface area (Å²) in [5, 5.41) is 29.3. The first-order valence-corrected chi connectivity index (χ1v) is 9.11. The highest BCUT2D eigenvalue weighted by Gasteiger charge is 2.57. The summed E-state index contributed by atoms with van der Waals surface area (Å²) in [4.78, 5) is 0. The molecule has 0 spiro atoms. The van der Waals surface area contributed by atoms with E-state index in [0.29, 0.717) is 17.7 Å². The van der Waals surface area contributed by atoms with Crippen LogP contribution in [-0.4, -0.2) is 60.4 Å². The lowest BCUT2D eigenvalue weighted by Gasteiger charge is -2.42. The van der Waals surface area contributed by atoms with Gasteiger partial charge in [-0.25, -0.2) is 8.78 Å². The Morgan fingerprint density at radius 2 is 1.72 bits per heavy atom. The fourth-order valence-corrected chi connectivity index (χ4v) is 3.45. The van der Waals surface area contributed by atoms with E-state index in [-0.39, 0.29) is 0 Å². The Morgan fingerprint density at radius 3 is 2.31 bits per heavy atom. The van der Waals surface area contributed by atoms with Gasteiger partial charge in [0.2, 0.25) is 0 Å². The highest BCUT2D eigenvalue weighted by atomic mass is 19.3. The smallest absolute Gasteiger partial charge is 0.303 e. The Morgan fingerprint density at radius 1 is 1.03 bits per heavy atom. The molecule has 29 heavy (non-hydrogen) atoms. The first-order valence-electron chi connectivity index (χ1n) is 9.11. The number of aliphatic hydroxyl groups is 3. The number of aliphatic hydroxyl groups excluding tert-OH is 3. The molecule has 2 aromatic rings. The van der Waals surface area contributed by atoms with Crippen LogP contribution in [0.2, 0.25) is 0 Å². The molecule has 1 aliphatic heterocycles. The molecular weight excluding hydrogens is 386 g/mol. The van der Waals surface area contributed by atoms with Gasteiger partial charge in [0.15, 0.2) is 0 Å². The van der Waals surface area contributed by atoms with Gasteiger partial charge >= 0.3 is 5.92 Å².